The van der Waals surface area contributed by atoms with Crippen LogP contribution in [0.25, 0.3) is 0 Å². The van der Waals surface area contributed by atoms with Crippen molar-refractivity contribution in [2.75, 3.05) is 5.32 Å². The number of rotatable bonds is 4. The Balaban J connectivity index is 2.24. The van der Waals surface area contributed by atoms with Crippen molar-refractivity contribution < 1.29 is 0 Å². The molecule has 1 unspecified atom stereocenters. The highest BCUT2D eigenvalue weighted by Crippen LogP contribution is 2.25. The van der Waals surface area contributed by atoms with Gasteiger partial charge in [0.15, 0.2) is 0 Å². The van der Waals surface area contributed by atoms with Crippen LogP contribution in [0, 0.1) is 6.92 Å². The molecule has 0 radical (unpaired) electrons. The summed E-state index contributed by atoms with van der Waals surface area (Å²) < 4.78 is 0. The van der Waals surface area contributed by atoms with Crippen molar-refractivity contribution in [1.82, 2.24) is 4.98 Å². The van der Waals surface area contributed by atoms with E-state index < -0.39 is 0 Å². The van der Waals surface area contributed by atoms with Crippen molar-refractivity contribution in [3.8, 4) is 0 Å². The van der Waals surface area contributed by atoms with Gasteiger partial charge in [-0.2, -0.15) is 0 Å². The summed E-state index contributed by atoms with van der Waals surface area (Å²) in [5, 5.41) is 3.61. The molecule has 0 fully saturated rings. The first kappa shape index (κ1) is 12.6. The summed E-state index contributed by atoms with van der Waals surface area (Å²) >= 11 is 0. The van der Waals surface area contributed by atoms with Crippen LogP contribution in [0.4, 0.5) is 5.69 Å². The maximum Gasteiger partial charge on any atom is 0.0501 e. The minimum Gasteiger partial charge on any atom is -0.378 e. The number of pyridine rings is 1. The number of benzene rings is 1. The molecule has 0 aliphatic heterocycles. The molecular weight excluding hydrogens is 220 g/mol. The van der Waals surface area contributed by atoms with Gasteiger partial charge in [0, 0.05) is 18.1 Å². The fourth-order valence-corrected chi connectivity index (χ4v) is 2.16. The molecule has 0 aliphatic rings. The fraction of sp³-hybridized carbons (Fsp3) is 0.312. The quantitative estimate of drug-likeness (QED) is 0.869. The van der Waals surface area contributed by atoms with Crippen LogP contribution in [0.5, 0.6) is 0 Å². The van der Waals surface area contributed by atoms with Crippen LogP contribution < -0.4 is 5.32 Å². The standard InChI is InChI=1S/C16H20N2/c1-4-14-8-5-7-12(2)16(14)18-13(3)15-9-6-10-17-11-15/h5-11,13,18H,4H2,1-3H3. The maximum absolute atomic E-state index is 4.17. The molecular formula is C16H20N2. The zero-order valence-corrected chi connectivity index (χ0v) is 11.3. The Morgan fingerprint density at radius 1 is 1.22 bits per heavy atom. The zero-order valence-electron chi connectivity index (χ0n) is 11.3. The van der Waals surface area contributed by atoms with Crippen LogP contribution in [0.1, 0.15) is 36.6 Å². The molecule has 1 N–H and O–H groups in total. The summed E-state index contributed by atoms with van der Waals surface area (Å²) in [4.78, 5) is 4.17. The first-order valence-electron chi connectivity index (χ1n) is 6.47. The molecule has 0 aliphatic carbocycles. The minimum atomic E-state index is 0.269. The summed E-state index contributed by atoms with van der Waals surface area (Å²) in [6.45, 7) is 6.51. The molecule has 2 aromatic rings. The molecule has 0 bridgehead atoms. The molecule has 18 heavy (non-hydrogen) atoms. The van der Waals surface area contributed by atoms with E-state index in [-0.39, 0.29) is 6.04 Å². The summed E-state index contributed by atoms with van der Waals surface area (Å²) in [6, 6.07) is 10.8. The van der Waals surface area contributed by atoms with E-state index in [9.17, 15) is 0 Å². The predicted octanol–water partition coefficient (Wildman–Crippen LogP) is 4.13. The van der Waals surface area contributed by atoms with Crippen molar-refractivity contribution in [2.24, 2.45) is 0 Å². The lowest BCUT2D eigenvalue weighted by Crippen LogP contribution is -2.09. The van der Waals surface area contributed by atoms with Gasteiger partial charge in [-0.25, -0.2) is 0 Å². The molecule has 1 aromatic heterocycles. The Morgan fingerprint density at radius 3 is 2.72 bits per heavy atom. The van der Waals surface area contributed by atoms with Crippen LogP contribution >= 0.6 is 0 Å². The molecule has 0 saturated heterocycles. The third kappa shape index (κ3) is 2.70. The lowest BCUT2D eigenvalue weighted by molar-refractivity contribution is 0.868. The van der Waals surface area contributed by atoms with Crippen molar-refractivity contribution >= 4 is 5.69 Å². The zero-order chi connectivity index (χ0) is 13.0. The lowest BCUT2D eigenvalue weighted by Gasteiger charge is -2.19. The highest BCUT2D eigenvalue weighted by molar-refractivity contribution is 5.58. The number of nitrogens with one attached hydrogen (secondary N) is 1. The van der Waals surface area contributed by atoms with E-state index in [0.717, 1.165) is 6.42 Å². The second kappa shape index (κ2) is 5.67. The molecule has 94 valence electrons. The van der Waals surface area contributed by atoms with Gasteiger partial charge in [0.1, 0.15) is 0 Å². The van der Waals surface area contributed by atoms with E-state index in [1.807, 2.05) is 18.5 Å². The van der Waals surface area contributed by atoms with Crippen molar-refractivity contribution in [2.45, 2.75) is 33.2 Å². The van der Waals surface area contributed by atoms with Gasteiger partial charge in [0.05, 0.1) is 6.04 Å². The number of para-hydroxylation sites is 1. The van der Waals surface area contributed by atoms with Gasteiger partial charge in [-0.15, -0.1) is 0 Å². The van der Waals surface area contributed by atoms with Gasteiger partial charge in [0.2, 0.25) is 0 Å². The number of anilines is 1. The average Bonchev–Trinajstić information content (AvgIpc) is 2.42. The largest absolute Gasteiger partial charge is 0.378 e. The Kier molecular flexibility index (Phi) is 3.98. The number of aromatic nitrogens is 1. The molecule has 0 amide bonds. The van der Waals surface area contributed by atoms with Gasteiger partial charge in [-0.1, -0.05) is 31.2 Å². The van der Waals surface area contributed by atoms with E-state index in [1.54, 1.807) is 0 Å². The monoisotopic (exact) mass is 240 g/mol. The van der Waals surface area contributed by atoms with E-state index in [4.69, 9.17) is 0 Å². The first-order chi connectivity index (χ1) is 8.72. The lowest BCUT2D eigenvalue weighted by atomic mass is 10.0. The third-order valence-electron chi connectivity index (χ3n) is 3.29. The van der Waals surface area contributed by atoms with Gasteiger partial charge in [-0.05, 0) is 43.0 Å². The van der Waals surface area contributed by atoms with Gasteiger partial charge in [0.25, 0.3) is 0 Å². The van der Waals surface area contributed by atoms with Crippen LogP contribution in [0.3, 0.4) is 0 Å². The molecule has 1 aromatic carbocycles. The number of aryl methyl sites for hydroxylation is 2. The Morgan fingerprint density at radius 2 is 2.06 bits per heavy atom. The smallest absolute Gasteiger partial charge is 0.0501 e. The maximum atomic E-state index is 4.17. The summed E-state index contributed by atoms with van der Waals surface area (Å²) in [7, 11) is 0. The Bertz CT molecular complexity index is 506. The highest BCUT2D eigenvalue weighted by atomic mass is 14.9. The summed E-state index contributed by atoms with van der Waals surface area (Å²) in [5.41, 5.74) is 5.13. The van der Waals surface area contributed by atoms with Crippen LogP contribution in [0.15, 0.2) is 42.7 Å². The molecule has 0 saturated carbocycles. The molecule has 1 heterocycles. The SMILES string of the molecule is CCc1cccc(C)c1NC(C)c1cccnc1. The summed E-state index contributed by atoms with van der Waals surface area (Å²) in [6.07, 6.45) is 4.77. The van der Waals surface area contributed by atoms with Gasteiger partial charge in [-0.3, -0.25) is 4.98 Å². The van der Waals surface area contributed by atoms with Crippen LogP contribution in [-0.2, 0) is 6.42 Å². The molecule has 2 heteroatoms. The van der Waals surface area contributed by atoms with E-state index >= 15 is 0 Å². The molecule has 1 atom stereocenters. The molecule has 2 nitrogen and oxygen atoms in total. The van der Waals surface area contributed by atoms with Gasteiger partial charge < -0.3 is 5.32 Å². The normalized spacial score (nSPS) is 12.2. The first-order valence-corrected chi connectivity index (χ1v) is 6.47. The molecule has 2 rings (SSSR count). The average molecular weight is 240 g/mol. The molecule has 0 spiro atoms. The van der Waals surface area contributed by atoms with E-state index in [2.05, 4.69) is 55.3 Å². The second-order valence-corrected chi connectivity index (χ2v) is 4.61. The van der Waals surface area contributed by atoms with Crippen LogP contribution in [0.2, 0.25) is 0 Å². The highest BCUT2D eigenvalue weighted by Gasteiger charge is 2.09. The number of hydrogen-bond donors (Lipinski definition) is 1. The number of hydrogen-bond acceptors (Lipinski definition) is 2. The fourth-order valence-electron chi connectivity index (χ4n) is 2.16. The Hall–Kier alpha value is -1.83. The summed E-state index contributed by atoms with van der Waals surface area (Å²) in [5.74, 6) is 0. The van der Waals surface area contributed by atoms with Crippen LogP contribution in [-0.4, -0.2) is 4.98 Å². The van der Waals surface area contributed by atoms with Crippen molar-refractivity contribution in [3.05, 3.63) is 59.4 Å². The van der Waals surface area contributed by atoms with Crippen molar-refractivity contribution in [1.29, 1.82) is 0 Å². The van der Waals surface area contributed by atoms with E-state index in [1.165, 1.54) is 22.4 Å². The van der Waals surface area contributed by atoms with Gasteiger partial charge >= 0.3 is 0 Å². The number of nitrogens with zero attached hydrogens (tertiary/aromatic N) is 1. The van der Waals surface area contributed by atoms with Crippen molar-refractivity contribution in [3.63, 3.8) is 0 Å². The van der Waals surface area contributed by atoms with E-state index in [0.29, 0.717) is 0 Å². The predicted molar refractivity (Wildman–Crippen MR) is 76.8 cm³/mol. The Labute approximate surface area is 109 Å². The third-order valence-corrected chi connectivity index (χ3v) is 3.29. The second-order valence-electron chi connectivity index (χ2n) is 4.61. The minimum absolute atomic E-state index is 0.269. The topological polar surface area (TPSA) is 24.9 Å².